The van der Waals surface area contributed by atoms with Gasteiger partial charge in [0.25, 0.3) is 15.9 Å². The second kappa shape index (κ2) is 8.83. The van der Waals surface area contributed by atoms with E-state index in [0.717, 1.165) is 12.1 Å². The molecular formula is C21H19FN2O5S. The summed E-state index contributed by atoms with van der Waals surface area (Å²) in [6.45, 7) is 0. The van der Waals surface area contributed by atoms with E-state index in [4.69, 9.17) is 9.47 Å². The summed E-state index contributed by atoms with van der Waals surface area (Å²) in [6, 6.07) is 15.3. The molecule has 2 N–H and O–H groups in total. The summed E-state index contributed by atoms with van der Waals surface area (Å²) in [6.07, 6.45) is 0. The van der Waals surface area contributed by atoms with Crippen LogP contribution in [0.1, 0.15) is 10.4 Å². The molecule has 0 unspecified atom stereocenters. The molecule has 0 atom stereocenters. The maximum absolute atomic E-state index is 13.0. The lowest BCUT2D eigenvalue weighted by molar-refractivity contribution is 0.102. The lowest BCUT2D eigenvalue weighted by atomic mass is 10.2. The first-order chi connectivity index (χ1) is 14.3. The fraction of sp³-hybridized carbons (Fsp3) is 0.0952. The quantitative estimate of drug-likeness (QED) is 0.593. The van der Waals surface area contributed by atoms with Crippen molar-refractivity contribution in [3.63, 3.8) is 0 Å². The highest BCUT2D eigenvalue weighted by Crippen LogP contribution is 2.26. The predicted octanol–water partition coefficient (Wildman–Crippen LogP) is 3.90. The van der Waals surface area contributed by atoms with Gasteiger partial charge in [-0.3, -0.25) is 9.52 Å². The van der Waals surface area contributed by atoms with Crippen LogP contribution in [-0.2, 0) is 10.0 Å². The Morgan fingerprint density at radius 3 is 1.93 bits per heavy atom. The Morgan fingerprint density at radius 1 is 0.833 bits per heavy atom. The fourth-order valence-corrected chi connectivity index (χ4v) is 3.66. The number of hydrogen-bond acceptors (Lipinski definition) is 5. The molecule has 0 spiro atoms. The number of ether oxygens (including phenoxy) is 2. The fourth-order valence-electron chi connectivity index (χ4n) is 2.60. The molecule has 0 fully saturated rings. The van der Waals surface area contributed by atoms with Gasteiger partial charge in [0.1, 0.15) is 17.3 Å². The molecule has 3 aromatic rings. The van der Waals surface area contributed by atoms with E-state index < -0.39 is 21.7 Å². The van der Waals surface area contributed by atoms with Crippen molar-refractivity contribution < 1.29 is 27.1 Å². The van der Waals surface area contributed by atoms with E-state index in [9.17, 15) is 17.6 Å². The molecule has 9 heteroatoms. The first-order valence-corrected chi connectivity index (χ1v) is 10.2. The van der Waals surface area contributed by atoms with Gasteiger partial charge in [-0.2, -0.15) is 0 Å². The van der Waals surface area contributed by atoms with E-state index >= 15 is 0 Å². The molecule has 0 saturated carbocycles. The molecule has 0 bridgehead atoms. The van der Waals surface area contributed by atoms with E-state index in [1.165, 1.54) is 50.6 Å². The van der Waals surface area contributed by atoms with Crippen LogP contribution in [0.3, 0.4) is 0 Å². The molecule has 156 valence electrons. The Hall–Kier alpha value is -3.59. The lowest BCUT2D eigenvalue weighted by Crippen LogP contribution is -2.15. The van der Waals surface area contributed by atoms with Crippen LogP contribution in [0.5, 0.6) is 11.5 Å². The van der Waals surface area contributed by atoms with Crippen molar-refractivity contribution in [3.05, 3.63) is 78.1 Å². The minimum absolute atomic E-state index is 0.0357. The van der Waals surface area contributed by atoms with Gasteiger partial charge in [-0.1, -0.05) is 0 Å². The van der Waals surface area contributed by atoms with E-state index in [2.05, 4.69) is 10.0 Å². The topological polar surface area (TPSA) is 93.7 Å². The van der Waals surface area contributed by atoms with Crippen LogP contribution in [0.25, 0.3) is 0 Å². The standard InChI is InChI=1S/C21H19FN2O5S/c1-28-18-11-17(12-19(13-18)29-2)23-21(25)14-3-9-20(10-4-14)30(26,27)24-16-7-5-15(22)6-8-16/h3-13,24H,1-2H3,(H,23,25). The highest BCUT2D eigenvalue weighted by atomic mass is 32.2. The second-order valence-electron chi connectivity index (χ2n) is 6.19. The molecule has 0 aliphatic heterocycles. The molecule has 7 nitrogen and oxygen atoms in total. The predicted molar refractivity (Wildman–Crippen MR) is 111 cm³/mol. The van der Waals surface area contributed by atoms with Gasteiger partial charge in [0.15, 0.2) is 0 Å². The summed E-state index contributed by atoms with van der Waals surface area (Å²) in [5, 5.41) is 2.71. The molecular weight excluding hydrogens is 411 g/mol. The zero-order valence-corrected chi connectivity index (χ0v) is 17.0. The van der Waals surface area contributed by atoms with Crippen molar-refractivity contribution in [2.75, 3.05) is 24.3 Å². The Balaban J connectivity index is 1.74. The number of carbonyl (C=O) groups is 1. The third kappa shape index (κ3) is 5.06. The van der Waals surface area contributed by atoms with Crippen molar-refractivity contribution in [2.45, 2.75) is 4.90 Å². The number of carbonyl (C=O) groups excluding carboxylic acids is 1. The Morgan fingerprint density at radius 2 is 1.40 bits per heavy atom. The molecule has 30 heavy (non-hydrogen) atoms. The van der Waals surface area contributed by atoms with Crippen molar-refractivity contribution in [1.29, 1.82) is 0 Å². The summed E-state index contributed by atoms with van der Waals surface area (Å²) in [4.78, 5) is 12.5. The minimum Gasteiger partial charge on any atom is -0.497 e. The van der Waals surface area contributed by atoms with E-state index in [1.807, 2.05) is 0 Å². The molecule has 0 aliphatic rings. The van der Waals surface area contributed by atoms with Gasteiger partial charge in [0.05, 0.1) is 19.1 Å². The molecule has 3 aromatic carbocycles. The molecule has 3 rings (SSSR count). The number of anilines is 2. The van der Waals surface area contributed by atoms with E-state index in [0.29, 0.717) is 17.2 Å². The number of nitrogens with one attached hydrogen (secondary N) is 2. The average molecular weight is 430 g/mol. The summed E-state index contributed by atoms with van der Waals surface area (Å²) < 4.78 is 50.6. The summed E-state index contributed by atoms with van der Waals surface area (Å²) in [5.41, 5.74) is 0.952. The number of rotatable bonds is 7. The van der Waals surface area contributed by atoms with Gasteiger partial charge in [0, 0.05) is 35.1 Å². The highest BCUT2D eigenvalue weighted by molar-refractivity contribution is 7.92. The highest BCUT2D eigenvalue weighted by Gasteiger charge is 2.16. The van der Waals surface area contributed by atoms with Crippen molar-refractivity contribution >= 4 is 27.3 Å². The minimum atomic E-state index is -3.88. The Bertz CT molecular complexity index is 1120. The zero-order chi connectivity index (χ0) is 21.7. The average Bonchev–Trinajstić information content (AvgIpc) is 2.75. The maximum atomic E-state index is 13.0. The van der Waals surface area contributed by atoms with Crippen LogP contribution in [0.2, 0.25) is 0 Å². The van der Waals surface area contributed by atoms with Gasteiger partial charge >= 0.3 is 0 Å². The monoisotopic (exact) mass is 430 g/mol. The van der Waals surface area contributed by atoms with Crippen LogP contribution in [0.15, 0.2) is 71.6 Å². The van der Waals surface area contributed by atoms with Crippen molar-refractivity contribution in [2.24, 2.45) is 0 Å². The zero-order valence-electron chi connectivity index (χ0n) is 16.2. The van der Waals surface area contributed by atoms with Gasteiger partial charge in [0.2, 0.25) is 0 Å². The van der Waals surface area contributed by atoms with Gasteiger partial charge in [-0.05, 0) is 48.5 Å². The molecule has 0 heterocycles. The van der Waals surface area contributed by atoms with Crippen LogP contribution in [0.4, 0.5) is 15.8 Å². The maximum Gasteiger partial charge on any atom is 0.261 e. The molecule has 0 aromatic heterocycles. The van der Waals surface area contributed by atoms with Gasteiger partial charge in [-0.15, -0.1) is 0 Å². The van der Waals surface area contributed by atoms with Crippen LogP contribution in [-0.4, -0.2) is 28.5 Å². The van der Waals surface area contributed by atoms with Crippen LogP contribution >= 0.6 is 0 Å². The number of benzene rings is 3. The summed E-state index contributed by atoms with van der Waals surface area (Å²) in [5.74, 6) is 0.124. The summed E-state index contributed by atoms with van der Waals surface area (Å²) in [7, 11) is -0.884. The van der Waals surface area contributed by atoms with Crippen LogP contribution < -0.4 is 19.5 Å². The smallest absolute Gasteiger partial charge is 0.261 e. The Kier molecular flexibility index (Phi) is 6.22. The molecule has 0 aliphatic carbocycles. The van der Waals surface area contributed by atoms with E-state index in [-0.39, 0.29) is 16.1 Å². The Labute approximate surface area is 173 Å². The normalized spacial score (nSPS) is 10.9. The number of amides is 1. The number of methoxy groups -OCH3 is 2. The van der Waals surface area contributed by atoms with E-state index in [1.54, 1.807) is 18.2 Å². The number of halogens is 1. The van der Waals surface area contributed by atoms with Crippen molar-refractivity contribution in [3.8, 4) is 11.5 Å². The van der Waals surface area contributed by atoms with Crippen molar-refractivity contribution in [1.82, 2.24) is 0 Å². The van der Waals surface area contributed by atoms with Crippen LogP contribution in [0, 0.1) is 5.82 Å². The number of sulfonamides is 1. The molecule has 0 radical (unpaired) electrons. The van der Waals surface area contributed by atoms with Gasteiger partial charge in [-0.25, -0.2) is 12.8 Å². The number of hydrogen-bond donors (Lipinski definition) is 2. The lowest BCUT2D eigenvalue weighted by Gasteiger charge is -2.11. The first-order valence-electron chi connectivity index (χ1n) is 8.73. The molecule has 0 saturated heterocycles. The summed E-state index contributed by atoms with van der Waals surface area (Å²) >= 11 is 0. The molecule has 1 amide bonds. The second-order valence-corrected chi connectivity index (χ2v) is 7.87. The third-order valence-electron chi connectivity index (χ3n) is 4.13. The third-order valence-corrected chi connectivity index (χ3v) is 5.53. The SMILES string of the molecule is COc1cc(NC(=O)c2ccc(S(=O)(=O)Nc3ccc(F)cc3)cc2)cc(OC)c1. The van der Waals surface area contributed by atoms with Gasteiger partial charge < -0.3 is 14.8 Å². The first kappa shape index (κ1) is 21.1. The largest absolute Gasteiger partial charge is 0.497 e.